The first kappa shape index (κ1) is 12.1. The zero-order chi connectivity index (χ0) is 12.7. The van der Waals surface area contributed by atoms with Crippen molar-refractivity contribution in [2.24, 2.45) is 17.8 Å². The fraction of sp³-hybridized carbons (Fsp3) is 0.800. The van der Waals surface area contributed by atoms with Crippen molar-refractivity contribution in [3.05, 3.63) is 11.9 Å². The Hall–Kier alpha value is -0.990. The van der Waals surface area contributed by atoms with Crippen molar-refractivity contribution in [2.75, 3.05) is 11.9 Å². The van der Waals surface area contributed by atoms with Crippen LogP contribution in [0, 0.1) is 24.7 Å². The monoisotopic (exact) mass is 247 g/mol. The molecule has 2 saturated carbocycles. The van der Waals surface area contributed by atoms with Gasteiger partial charge in [-0.2, -0.15) is 0 Å². The largest absolute Gasteiger partial charge is 0.355 e. The molecule has 3 atom stereocenters. The molecule has 0 aliphatic heterocycles. The highest BCUT2D eigenvalue weighted by atomic mass is 15.2. The Balaban J connectivity index is 1.63. The minimum atomic E-state index is 0.480. The van der Waals surface area contributed by atoms with Crippen LogP contribution in [0.1, 0.15) is 51.3 Å². The standard InChI is InChI=1S/C15H25N3/c1-10(2)18-9-11(3)17-15(18)16-8-14-7-12-4-5-13(14)6-12/h9-10,12-14H,4-8H2,1-3H3,(H,16,17). The van der Waals surface area contributed by atoms with Gasteiger partial charge in [-0.05, 0) is 57.8 Å². The summed E-state index contributed by atoms with van der Waals surface area (Å²) in [5, 5.41) is 3.59. The summed E-state index contributed by atoms with van der Waals surface area (Å²) in [5.41, 5.74) is 1.11. The summed E-state index contributed by atoms with van der Waals surface area (Å²) >= 11 is 0. The van der Waals surface area contributed by atoms with E-state index in [1.54, 1.807) is 0 Å². The van der Waals surface area contributed by atoms with E-state index in [-0.39, 0.29) is 0 Å². The first-order valence-electron chi connectivity index (χ1n) is 7.43. The Labute approximate surface area is 110 Å². The van der Waals surface area contributed by atoms with E-state index >= 15 is 0 Å². The molecule has 18 heavy (non-hydrogen) atoms. The number of aromatic nitrogens is 2. The lowest BCUT2D eigenvalue weighted by molar-refractivity contribution is 0.347. The van der Waals surface area contributed by atoms with Gasteiger partial charge in [0.05, 0.1) is 5.69 Å². The van der Waals surface area contributed by atoms with E-state index in [2.05, 4.69) is 41.8 Å². The maximum atomic E-state index is 4.61. The summed E-state index contributed by atoms with van der Waals surface area (Å²) in [6.07, 6.45) is 8.03. The summed E-state index contributed by atoms with van der Waals surface area (Å²) in [6, 6.07) is 0.480. The van der Waals surface area contributed by atoms with E-state index in [4.69, 9.17) is 0 Å². The van der Waals surface area contributed by atoms with Gasteiger partial charge in [-0.15, -0.1) is 0 Å². The maximum Gasteiger partial charge on any atom is 0.203 e. The van der Waals surface area contributed by atoms with E-state index in [0.29, 0.717) is 6.04 Å². The third kappa shape index (κ3) is 2.15. The van der Waals surface area contributed by atoms with Crippen LogP contribution in [0.25, 0.3) is 0 Å². The summed E-state index contributed by atoms with van der Waals surface area (Å²) in [7, 11) is 0. The van der Waals surface area contributed by atoms with Crippen LogP contribution in [0.4, 0.5) is 5.95 Å². The fourth-order valence-corrected chi connectivity index (χ4v) is 3.89. The summed E-state index contributed by atoms with van der Waals surface area (Å²) in [5.74, 6) is 3.98. The predicted octanol–water partition coefficient (Wildman–Crippen LogP) is 3.62. The minimum Gasteiger partial charge on any atom is -0.355 e. The lowest BCUT2D eigenvalue weighted by Gasteiger charge is -2.22. The zero-order valence-corrected chi connectivity index (χ0v) is 11.8. The first-order chi connectivity index (χ1) is 8.63. The van der Waals surface area contributed by atoms with Crippen LogP contribution in [0.2, 0.25) is 0 Å². The summed E-state index contributed by atoms with van der Waals surface area (Å²) in [6.45, 7) is 7.61. The maximum absolute atomic E-state index is 4.61. The second kappa shape index (κ2) is 4.60. The molecule has 0 radical (unpaired) electrons. The van der Waals surface area contributed by atoms with Gasteiger partial charge in [-0.3, -0.25) is 0 Å². The first-order valence-corrected chi connectivity index (χ1v) is 7.43. The van der Waals surface area contributed by atoms with Crippen molar-refractivity contribution >= 4 is 5.95 Å². The Kier molecular flexibility index (Phi) is 3.08. The molecule has 1 heterocycles. The molecule has 0 amide bonds. The van der Waals surface area contributed by atoms with Gasteiger partial charge < -0.3 is 9.88 Å². The van der Waals surface area contributed by atoms with Crippen molar-refractivity contribution in [1.29, 1.82) is 0 Å². The number of imidazole rings is 1. The zero-order valence-electron chi connectivity index (χ0n) is 11.8. The molecule has 0 spiro atoms. The quantitative estimate of drug-likeness (QED) is 0.880. The number of hydrogen-bond acceptors (Lipinski definition) is 2. The average Bonchev–Trinajstić information content (AvgIpc) is 3.00. The van der Waals surface area contributed by atoms with Crippen LogP contribution in [-0.2, 0) is 0 Å². The van der Waals surface area contributed by atoms with Gasteiger partial charge in [-0.25, -0.2) is 4.98 Å². The topological polar surface area (TPSA) is 29.9 Å². The van der Waals surface area contributed by atoms with Gasteiger partial charge in [0, 0.05) is 18.8 Å². The third-order valence-electron chi connectivity index (χ3n) is 4.82. The number of aryl methyl sites for hydroxylation is 1. The molecular formula is C15H25N3. The number of anilines is 1. The highest BCUT2D eigenvalue weighted by Crippen LogP contribution is 2.48. The Morgan fingerprint density at radius 3 is 2.83 bits per heavy atom. The molecule has 0 saturated heterocycles. The summed E-state index contributed by atoms with van der Waals surface area (Å²) in [4.78, 5) is 4.61. The highest BCUT2D eigenvalue weighted by molar-refractivity contribution is 5.29. The molecule has 2 fully saturated rings. The van der Waals surface area contributed by atoms with Crippen LogP contribution in [0.5, 0.6) is 0 Å². The van der Waals surface area contributed by atoms with Crippen LogP contribution in [0.3, 0.4) is 0 Å². The van der Waals surface area contributed by atoms with Gasteiger partial charge in [0.25, 0.3) is 0 Å². The van der Waals surface area contributed by atoms with Gasteiger partial charge in [0.2, 0.25) is 5.95 Å². The van der Waals surface area contributed by atoms with Gasteiger partial charge in [0.1, 0.15) is 0 Å². The third-order valence-corrected chi connectivity index (χ3v) is 4.82. The van der Waals surface area contributed by atoms with Crippen LogP contribution in [0.15, 0.2) is 6.20 Å². The van der Waals surface area contributed by atoms with E-state index in [9.17, 15) is 0 Å². The molecule has 1 aromatic heterocycles. The minimum absolute atomic E-state index is 0.480. The molecule has 100 valence electrons. The molecule has 1 N–H and O–H groups in total. The molecule has 2 aliphatic carbocycles. The van der Waals surface area contributed by atoms with Crippen LogP contribution in [-0.4, -0.2) is 16.1 Å². The van der Waals surface area contributed by atoms with Gasteiger partial charge in [-0.1, -0.05) is 6.42 Å². The van der Waals surface area contributed by atoms with Gasteiger partial charge in [0.15, 0.2) is 0 Å². The number of nitrogens with one attached hydrogen (secondary N) is 1. The highest BCUT2D eigenvalue weighted by Gasteiger charge is 2.39. The Morgan fingerprint density at radius 1 is 1.39 bits per heavy atom. The molecular weight excluding hydrogens is 222 g/mol. The molecule has 2 aliphatic rings. The molecule has 2 bridgehead atoms. The molecule has 3 unspecified atom stereocenters. The van der Waals surface area contributed by atoms with Crippen molar-refractivity contribution in [3.63, 3.8) is 0 Å². The van der Waals surface area contributed by atoms with Crippen molar-refractivity contribution in [2.45, 2.75) is 52.5 Å². The van der Waals surface area contributed by atoms with E-state index in [0.717, 1.165) is 35.9 Å². The second-order valence-corrected chi connectivity index (χ2v) is 6.52. The van der Waals surface area contributed by atoms with E-state index in [1.165, 1.54) is 25.7 Å². The number of hydrogen-bond donors (Lipinski definition) is 1. The molecule has 1 aromatic rings. The SMILES string of the molecule is Cc1cn(C(C)C)c(NCC2CC3CCC2C3)n1. The Morgan fingerprint density at radius 2 is 2.22 bits per heavy atom. The van der Waals surface area contributed by atoms with Crippen molar-refractivity contribution < 1.29 is 0 Å². The summed E-state index contributed by atoms with van der Waals surface area (Å²) < 4.78 is 2.25. The molecule has 3 heteroatoms. The molecule has 0 aromatic carbocycles. The van der Waals surface area contributed by atoms with E-state index in [1.807, 2.05) is 0 Å². The second-order valence-electron chi connectivity index (χ2n) is 6.52. The van der Waals surface area contributed by atoms with Crippen molar-refractivity contribution in [1.82, 2.24) is 9.55 Å². The smallest absolute Gasteiger partial charge is 0.203 e. The van der Waals surface area contributed by atoms with Crippen LogP contribution < -0.4 is 5.32 Å². The average molecular weight is 247 g/mol. The number of rotatable bonds is 4. The lowest BCUT2D eigenvalue weighted by atomic mass is 9.89. The molecule has 3 nitrogen and oxygen atoms in total. The molecule has 3 rings (SSSR count). The fourth-order valence-electron chi connectivity index (χ4n) is 3.89. The Bertz CT molecular complexity index is 421. The van der Waals surface area contributed by atoms with E-state index < -0.39 is 0 Å². The van der Waals surface area contributed by atoms with Crippen molar-refractivity contribution in [3.8, 4) is 0 Å². The van der Waals surface area contributed by atoms with Gasteiger partial charge >= 0.3 is 0 Å². The number of fused-ring (bicyclic) bond motifs is 2. The number of nitrogens with zero attached hydrogens (tertiary/aromatic N) is 2. The predicted molar refractivity (Wildman–Crippen MR) is 74.8 cm³/mol. The normalized spacial score (nSPS) is 30.3. The van der Waals surface area contributed by atoms with Crippen LogP contribution >= 0.6 is 0 Å². The lowest BCUT2D eigenvalue weighted by Crippen LogP contribution is -2.21.